The van der Waals surface area contributed by atoms with Gasteiger partial charge in [0.25, 0.3) is 0 Å². The van der Waals surface area contributed by atoms with Gasteiger partial charge in [-0.3, -0.25) is 19.2 Å². The lowest BCUT2D eigenvalue weighted by Crippen LogP contribution is -2.58. The fourth-order valence-electron chi connectivity index (χ4n) is 3.36. The third-order valence-electron chi connectivity index (χ3n) is 5.00. The Morgan fingerprint density at radius 3 is 2.23 bits per heavy atom. The molecule has 0 spiro atoms. The van der Waals surface area contributed by atoms with Gasteiger partial charge in [0, 0.05) is 13.0 Å². The predicted molar refractivity (Wildman–Crippen MR) is 109 cm³/mol. The van der Waals surface area contributed by atoms with Crippen LogP contribution in [0.1, 0.15) is 46.0 Å². The zero-order chi connectivity index (χ0) is 23.7. The summed E-state index contributed by atoms with van der Waals surface area (Å²) < 4.78 is 0. The fourth-order valence-corrected chi connectivity index (χ4v) is 3.36. The van der Waals surface area contributed by atoms with Crippen LogP contribution in [0.2, 0.25) is 0 Å². The fraction of sp³-hybridized carbons (Fsp3) is 0.737. The van der Waals surface area contributed by atoms with E-state index in [0.29, 0.717) is 12.8 Å². The first-order chi connectivity index (χ1) is 14.5. The lowest BCUT2D eigenvalue weighted by atomic mass is 10.0. The van der Waals surface area contributed by atoms with Gasteiger partial charge in [0.15, 0.2) is 0 Å². The number of nitrogens with zero attached hydrogens (tertiary/aromatic N) is 1. The van der Waals surface area contributed by atoms with E-state index in [1.807, 2.05) is 13.8 Å². The third kappa shape index (κ3) is 8.13. The smallest absolute Gasteiger partial charge is 0.326 e. The van der Waals surface area contributed by atoms with E-state index in [2.05, 4.69) is 10.6 Å². The van der Waals surface area contributed by atoms with Crippen LogP contribution in [0.3, 0.4) is 0 Å². The van der Waals surface area contributed by atoms with Crippen molar-refractivity contribution in [1.29, 1.82) is 0 Å². The summed E-state index contributed by atoms with van der Waals surface area (Å²) in [7, 11) is 0. The lowest BCUT2D eigenvalue weighted by molar-refractivity contribution is -0.150. The second-order valence-electron chi connectivity index (χ2n) is 8.07. The number of carbonyl (C=O) groups is 5. The Kier molecular flexibility index (Phi) is 10.4. The normalized spacial score (nSPS) is 18.9. The van der Waals surface area contributed by atoms with Crippen LogP contribution in [0.5, 0.6) is 0 Å². The van der Waals surface area contributed by atoms with Crippen LogP contribution in [0, 0.1) is 5.92 Å². The zero-order valence-corrected chi connectivity index (χ0v) is 17.9. The van der Waals surface area contributed by atoms with Gasteiger partial charge in [-0.25, -0.2) is 4.79 Å². The van der Waals surface area contributed by atoms with Crippen LogP contribution in [-0.2, 0) is 24.0 Å². The van der Waals surface area contributed by atoms with Gasteiger partial charge in [-0.15, -0.1) is 0 Å². The van der Waals surface area contributed by atoms with Crippen LogP contribution in [0.25, 0.3) is 0 Å². The monoisotopic (exact) mass is 443 g/mol. The number of aliphatic hydroxyl groups is 1. The maximum Gasteiger partial charge on any atom is 0.326 e. The molecule has 4 amide bonds. The first-order valence-electron chi connectivity index (χ1n) is 10.3. The molecule has 0 aromatic rings. The number of amides is 4. The third-order valence-corrected chi connectivity index (χ3v) is 5.00. The average Bonchev–Trinajstić information content (AvgIpc) is 3.18. The summed E-state index contributed by atoms with van der Waals surface area (Å²) >= 11 is 0. The van der Waals surface area contributed by atoms with E-state index in [-0.39, 0.29) is 31.7 Å². The largest absolute Gasteiger partial charge is 0.480 e. The topological polar surface area (TPSA) is 205 Å². The van der Waals surface area contributed by atoms with Gasteiger partial charge in [0.2, 0.25) is 23.6 Å². The molecular weight excluding hydrogens is 410 g/mol. The van der Waals surface area contributed by atoms with Gasteiger partial charge in [-0.1, -0.05) is 13.8 Å². The summed E-state index contributed by atoms with van der Waals surface area (Å²) in [6, 6.07) is -4.44. The molecule has 1 heterocycles. The van der Waals surface area contributed by atoms with Crippen molar-refractivity contribution >= 4 is 29.6 Å². The average molecular weight is 444 g/mol. The van der Waals surface area contributed by atoms with Crippen LogP contribution in [0.15, 0.2) is 0 Å². The summed E-state index contributed by atoms with van der Waals surface area (Å²) in [6.07, 6.45) is 0.956. The van der Waals surface area contributed by atoms with Crippen molar-refractivity contribution in [3.05, 3.63) is 0 Å². The summed E-state index contributed by atoms with van der Waals surface area (Å²) in [5.41, 5.74) is 10.8. The van der Waals surface area contributed by atoms with E-state index in [1.165, 1.54) is 0 Å². The number of hydrogen-bond acceptors (Lipinski definition) is 7. The molecule has 0 aliphatic carbocycles. The van der Waals surface area contributed by atoms with Crippen molar-refractivity contribution in [2.75, 3.05) is 13.2 Å². The van der Waals surface area contributed by atoms with E-state index in [9.17, 15) is 34.2 Å². The van der Waals surface area contributed by atoms with Crippen molar-refractivity contribution < 1.29 is 34.2 Å². The molecule has 0 saturated carbocycles. The number of nitrogens with one attached hydrogen (secondary N) is 2. The molecule has 0 bridgehead atoms. The van der Waals surface area contributed by atoms with Gasteiger partial charge in [-0.2, -0.15) is 0 Å². The molecule has 0 aromatic carbocycles. The Labute approximate surface area is 180 Å². The Balaban J connectivity index is 2.84. The van der Waals surface area contributed by atoms with Crippen LogP contribution in [0.4, 0.5) is 0 Å². The Bertz CT molecular complexity index is 685. The highest BCUT2D eigenvalue weighted by Crippen LogP contribution is 2.18. The van der Waals surface area contributed by atoms with Crippen LogP contribution < -0.4 is 22.1 Å². The highest BCUT2D eigenvalue weighted by atomic mass is 16.4. The molecule has 4 atom stereocenters. The molecule has 1 saturated heterocycles. The number of nitrogens with two attached hydrogens (primary N) is 2. The van der Waals surface area contributed by atoms with Gasteiger partial charge < -0.3 is 37.2 Å². The predicted octanol–water partition coefficient (Wildman–Crippen LogP) is -2.34. The molecule has 31 heavy (non-hydrogen) atoms. The number of rotatable bonds is 12. The molecule has 1 aliphatic rings. The summed E-state index contributed by atoms with van der Waals surface area (Å²) in [5.74, 6) is -3.82. The number of carbonyl (C=O) groups excluding carboxylic acids is 4. The molecule has 12 nitrogen and oxygen atoms in total. The van der Waals surface area contributed by atoms with Crippen molar-refractivity contribution in [1.82, 2.24) is 15.5 Å². The molecule has 176 valence electrons. The molecule has 0 aromatic heterocycles. The number of carboxylic acid groups (broad SMARTS) is 1. The molecular formula is C19H33N5O7. The Hall–Kier alpha value is -2.73. The van der Waals surface area contributed by atoms with E-state index < -0.39 is 60.4 Å². The van der Waals surface area contributed by atoms with Crippen molar-refractivity contribution in [3.8, 4) is 0 Å². The van der Waals surface area contributed by atoms with E-state index in [4.69, 9.17) is 11.5 Å². The SMILES string of the molecule is CC(C)CC(NC(=O)C(N)CCC(N)=O)C(=O)NC(CO)C(=O)N1CCCC1C(=O)O. The maximum atomic E-state index is 12.8. The molecule has 1 rings (SSSR count). The second-order valence-corrected chi connectivity index (χ2v) is 8.07. The van der Waals surface area contributed by atoms with E-state index in [1.54, 1.807) is 0 Å². The molecule has 4 unspecified atom stereocenters. The van der Waals surface area contributed by atoms with E-state index in [0.717, 1.165) is 4.90 Å². The zero-order valence-electron chi connectivity index (χ0n) is 17.9. The van der Waals surface area contributed by atoms with Gasteiger partial charge in [-0.05, 0) is 31.6 Å². The quantitative estimate of drug-likeness (QED) is 0.192. The van der Waals surface area contributed by atoms with Crippen LogP contribution >= 0.6 is 0 Å². The molecule has 12 heteroatoms. The Morgan fingerprint density at radius 1 is 1.10 bits per heavy atom. The number of carboxylic acids is 1. The van der Waals surface area contributed by atoms with Crippen molar-refractivity contribution in [2.24, 2.45) is 17.4 Å². The summed E-state index contributed by atoms with van der Waals surface area (Å²) in [5, 5.41) is 23.8. The van der Waals surface area contributed by atoms with Crippen molar-refractivity contribution in [3.63, 3.8) is 0 Å². The molecule has 0 radical (unpaired) electrons. The number of aliphatic carboxylic acids is 1. The van der Waals surface area contributed by atoms with Gasteiger partial charge in [0.05, 0.1) is 12.6 Å². The minimum Gasteiger partial charge on any atom is -0.480 e. The first kappa shape index (κ1) is 26.3. The van der Waals surface area contributed by atoms with Gasteiger partial charge in [0.1, 0.15) is 18.1 Å². The van der Waals surface area contributed by atoms with Crippen LogP contribution in [-0.4, -0.2) is 82.0 Å². The first-order valence-corrected chi connectivity index (χ1v) is 10.3. The number of hydrogen-bond donors (Lipinski definition) is 6. The standard InChI is InChI=1S/C19H33N5O7/c1-10(2)8-12(22-16(27)11(20)5-6-15(21)26)17(28)23-13(9-25)18(29)24-7-3-4-14(24)19(30)31/h10-14,25H,3-9,20H2,1-2H3,(H2,21,26)(H,22,27)(H,23,28)(H,30,31). The molecule has 8 N–H and O–H groups in total. The Morgan fingerprint density at radius 2 is 1.71 bits per heavy atom. The number of likely N-dealkylation sites (tertiary alicyclic amines) is 1. The minimum atomic E-state index is -1.34. The molecule has 1 fully saturated rings. The van der Waals surface area contributed by atoms with Crippen molar-refractivity contribution in [2.45, 2.75) is 70.1 Å². The van der Waals surface area contributed by atoms with Gasteiger partial charge >= 0.3 is 5.97 Å². The minimum absolute atomic E-state index is 0.00357. The second kappa shape index (κ2) is 12.2. The number of primary amides is 1. The maximum absolute atomic E-state index is 12.8. The number of aliphatic hydroxyl groups excluding tert-OH is 1. The molecule has 1 aliphatic heterocycles. The lowest BCUT2D eigenvalue weighted by Gasteiger charge is -2.28. The summed E-state index contributed by atoms with van der Waals surface area (Å²) in [6.45, 7) is 3.14. The summed E-state index contributed by atoms with van der Waals surface area (Å²) in [4.78, 5) is 61.1. The van der Waals surface area contributed by atoms with E-state index >= 15 is 0 Å². The highest BCUT2D eigenvalue weighted by Gasteiger charge is 2.38. The highest BCUT2D eigenvalue weighted by molar-refractivity contribution is 5.94.